The average molecular weight is 370 g/mol. The van der Waals surface area contributed by atoms with Gasteiger partial charge in [-0.1, -0.05) is 32.1 Å². The normalized spacial score (nSPS) is 28.1. The minimum absolute atomic E-state index is 0.0288. The van der Waals surface area contributed by atoms with E-state index in [4.69, 9.17) is 0 Å². The summed E-state index contributed by atoms with van der Waals surface area (Å²) in [6, 6.07) is 4.28. The van der Waals surface area contributed by atoms with Gasteiger partial charge in [-0.05, 0) is 50.2 Å². The highest BCUT2D eigenvalue weighted by Gasteiger charge is 2.43. The zero-order valence-electron chi connectivity index (χ0n) is 16.1. The van der Waals surface area contributed by atoms with Gasteiger partial charge in [0.25, 0.3) is 5.91 Å². The molecule has 0 aromatic carbocycles. The Bertz CT molecular complexity index is 643. The van der Waals surface area contributed by atoms with Gasteiger partial charge in [0.05, 0.1) is 0 Å². The summed E-state index contributed by atoms with van der Waals surface area (Å²) in [4.78, 5) is 31.4. The monoisotopic (exact) mass is 369 g/mol. The highest BCUT2D eigenvalue weighted by molar-refractivity contribution is 5.94. The molecule has 5 heteroatoms. The van der Waals surface area contributed by atoms with E-state index in [1.54, 1.807) is 24.5 Å². The molecule has 27 heavy (non-hydrogen) atoms. The fourth-order valence-electron chi connectivity index (χ4n) is 5.41. The molecular formula is C22H31N3O2. The maximum atomic E-state index is 12.9. The van der Waals surface area contributed by atoms with Crippen LogP contribution >= 0.6 is 0 Å². The van der Waals surface area contributed by atoms with Crippen molar-refractivity contribution in [2.24, 2.45) is 5.92 Å². The van der Waals surface area contributed by atoms with Crippen molar-refractivity contribution in [1.82, 2.24) is 15.2 Å². The van der Waals surface area contributed by atoms with Crippen molar-refractivity contribution in [1.29, 1.82) is 0 Å². The quantitative estimate of drug-likeness (QED) is 0.861. The van der Waals surface area contributed by atoms with Gasteiger partial charge in [-0.25, -0.2) is 0 Å². The minimum Gasteiger partial charge on any atom is -0.349 e. The van der Waals surface area contributed by atoms with E-state index >= 15 is 0 Å². The molecule has 2 bridgehead atoms. The van der Waals surface area contributed by atoms with Gasteiger partial charge in [0.2, 0.25) is 5.91 Å². The highest BCUT2D eigenvalue weighted by Crippen LogP contribution is 2.37. The summed E-state index contributed by atoms with van der Waals surface area (Å²) in [5, 5.41) is 3.17. The molecule has 5 nitrogen and oxygen atoms in total. The summed E-state index contributed by atoms with van der Waals surface area (Å²) in [6.07, 6.45) is 15.7. The van der Waals surface area contributed by atoms with Gasteiger partial charge < -0.3 is 10.2 Å². The van der Waals surface area contributed by atoms with E-state index in [-0.39, 0.29) is 11.9 Å². The Morgan fingerprint density at radius 2 is 1.67 bits per heavy atom. The second kappa shape index (κ2) is 8.41. The number of fused-ring (bicyclic) bond motifs is 2. The zero-order chi connectivity index (χ0) is 18.6. The molecule has 3 fully saturated rings. The zero-order valence-corrected chi connectivity index (χ0v) is 16.1. The van der Waals surface area contributed by atoms with Crippen molar-refractivity contribution in [2.45, 2.75) is 88.8 Å². The van der Waals surface area contributed by atoms with Crippen LogP contribution in [-0.2, 0) is 4.79 Å². The predicted octanol–water partition coefficient (Wildman–Crippen LogP) is 3.69. The Balaban J connectivity index is 1.29. The topological polar surface area (TPSA) is 62.3 Å². The lowest BCUT2D eigenvalue weighted by Gasteiger charge is -2.39. The first-order valence-electron chi connectivity index (χ1n) is 10.7. The van der Waals surface area contributed by atoms with Crippen LogP contribution in [0.3, 0.4) is 0 Å². The second-order valence-electron chi connectivity index (χ2n) is 8.61. The number of aromatic nitrogens is 1. The lowest BCUT2D eigenvalue weighted by Crippen LogP contribution is -2.52. The number of piperidine rings is 1. The second-order valence-corrected chi connectivity index (χ2v) is 8.61. The molecule has 3 atom stereocenters. The summed E-state index contributed by atoms with van der Waals surface area (Å²) in [7, 11) is 0. The predicted molar refractivity (Wildman–Crippen MR) is 104 cm³/mol. The summed E-state index contributed by atoms with van der Waals surface area (Å²) >= 11 is 0. The Kier molecular flexibility index (Phi) is 5.74. The summed E-state index contributed by atoms with van der Waals surface area (Å²) in [5.41, 5.74) is 0.656. The van der Waals surface area contributed by atoms with Gasteiger partial charge in [-0.3, -0.25) is 14.6 Å². The fraction of sp³-hybridized carbons (Fsp3) is 0.682. The lowest BCUT2D eigenvalue weighted by molar-refractivity contribution is -0.136. The summed E-state index contributed by atoms with van der Waals surface area (Å²) in [6.45, 7) is 0. The molecular weight excluding hydrogens is 338 g/mol. The molecule has 1 aromatic rings. The molecule has 3 heterocycles. The number of pyridine rings is 1. The van der Waals surface area contributed by atoms with Gasteiger partial charge in [0, 0.05) is 42.5 Å². The maximum Gasteiger partial charge on any atom is 0.251 e. The molecule has 146 valence electrons. The van der Waals surface area contributed by atoms with Gasteiger partial charge in [0.15, 0.2) is 0 Å². The molecule has 1 aromatic heterocycles. The third kappa shape index (κ3) is 4.33. The van der Waals surface area contributed by atoms with Gasteiger partial charge in [0.1, 0.15) is 0 Å². The van der Waals surface area contributed by atoms with E-state index in [2.05, 4.69) is 15.2 Å². The van der Waals surface area contributed by atoms with Crippen LogP contribution in [0.1, 0.15) is 81.0 Å². The standard InChI is InChI=1S/C22H31N3O2/c26-21(9-6-16-4-2-1-3-5-16)25-19-7-8-20(25)15-18(14-19)24-22(27)17-10-12-23-13-11-17/h10-13,16,18-20H,1-9,14-15H2,(H,24,27)/t18?,19-,20+. The molecule has 0 radical (unpaired) electrons. The molecule has 2 aliphatic heterocycles. The number of rotatable bonds is 5. The molecule has 2 saturated heterocycles. The van der Waals surface area contributed by atoms with Crippen LogP contribution in [0.5, 0.6) is 0 Å². The Morgan fingerprint density at radius 1 is 1.00 bits per heavy atom. The van der Waals surface area contributed by atoms with E-state index < -0.39 is 0 Å². The maximum absolute atomic E-state index is 12.9. The van der Waals surface area contributed by atoms with Crippen molar-refractivity contribution in [3.63, 3.8) is 0 Å². The average Bonchev–Trinajstić information content (AvgIpc) is 2.98. The van der Waals surface area contributed by atoms with Crippen LogP contribution < -0.4 is 5.32 Å². The summed E-state index contributed by atoms with van der Waals surface area (Å²) in [5.74, 6) is 1.09. The number of hydrogen-bond donors (Lipinski definition) is 1. The molecule has 1 saturated carbocycles. The van der Waals surface area contributed by atoms with E-state index in [1.165, 1.54) is 32.1 Å². The van der Waals surface area contributed by atoms with Gasteiger partial charge in [-0.2, -0.15) is 0 Å². The highest BCUT2D eigenvalue weighted by atomic mass is 16.2. The van der Waals surface area contributed by atoms with Gasteiger partial charge >= 0.3 is 0 Å². The number of carbonyl (C=O) groups is 2. The number of carbonyl (C=O) groups excluding carboxylic acids is 2. The Hall–Kier alpha value is -1.91. The first kappa shape index (κ1) is 18.5. The number of hydrogen-bond acceptors (Lipinski definition) is 3. The smallest absolute Gasteiger partial charge is 0.251 e. The third-order valence-electron chi connectivity index (χ3n) is 6.79. The van der Waals surface area contributed by atoms with Gasteiger partial charge in [-0.15, -0.1) is 0 Å². The minimum atomic E-state index is -0.0288. The van der Waals surface area contributed by atoms with E-state index in [1.807, 2.05) is 0 Å². The number of nitrogens with zero attached hydrogens (tertiary/aromatic N) is 2. The van der Waals surface area contributed by atoms with Crippen LogP contribution in [0.15, 0.2) is 24.5 Å². The molecule has 2 amide bonds. The van der Waals surface area contributed by atoms with Crippen molar-refractivity contribution >= 4 is 11.8 Å². The van der Waals surface area contributed by atoms with Crippen molar-refractivity contribution in [3.05, 3.63) is 30.1 Å². The van der Waals surface area contributed by atoms with Crippen molar-refractivity contribution in [2.75, 3.05) is 0 Å². The SMILES string of the molecule is O=C(NC1C[C@H]2CC[C@@H](C1)N2C(=O)CCC1CCCCC1)c1ccncc1. The number of nitrogens with one attached hydrogen (secondary N) is 1. The molecule has 1 N–H and O–H groups in total. The van der Waals surface area contributed by atoms with Crippen molar-refractivity contribution in [3.8, 4) is 0 Å². The lowest BCUT2D eigenvalue weighted by atomic mass is 9.86. The van der Waals surface area contributed by atoms with Crippen LogP contribution in [0.25, 0.3) is 0 Å². The molecule has 1 unspecified atom stereocenters. The Labute approximate surface area is 161 Å². The van der Waals surface area contributed by atoms with Crippen LogP contribution in [0, 0.1) is 5.92 Å². The van der Waals surface area contributed by atoms with E-state index in [0.29, 0.717) is 30.0 Å². The number of amides is 2. The summed E-state index contributed by atoms with van der Waals surface area (Å²) < 4.78 is 0. The molecule has 3 aliphatic rings. The first-order valence-corrected chi connectivity index (χ1v) is 10.7. The fourth-order valence-corrected chi connectivity index (χ4v) is 5.41. The third-order valence-corrected chi connectivity index (χ3v) is 6.79. The van der Waals surface area contributed by atoms with E-state index in [0.717, 1.165) is 38.0 Å². The molecule has 1 aliphatic carbocycles. The molecule has 4 rings (SSSR count). The first-order chi connectivity index (χ1) is 13.2. The van der Waals surface area contributed by atoms with Crippen molar-refractivity contribution < 1.29 is 9.59 Å². The van der Waals surface area contributed by atoms with Crippen LogP contribution in [0.4, 0.5) is 0 Å². The largest absolute Gasteiger partial charge is 0.349 e. The van der Waals surface area contributed by atoms with Crippen LogP contribution in [0.2, 0.25) is 0 Å². The Morgan fingerprint density at radius 3 is 2.33 bits per heavy atom. The van der Waals surface area contributed by atoms with Crippen LogP contribution in [-0.4, -0.2) is 39.8 Å². The molecule has 0 spiro atoms. The van der Waals surface area contributed by atoms with E-state index in [9.17, 15) is 9.59 Å².